The largest absolute Gasteiger partial charge is 0.381 e. The molecule has 1 aromatic rings. The van der Waals surface area contributed by atoms with Gasteiger partial charge in [-0.3, -0.25) is 19.2 Å². The average Bonchev–Trinajstić information content (AvgIpc) is 3.04. The molecule has 0 amide bonds. The summed E-state index contributed by atoms with van der Waals surface area (Å²) in [7, 11) is 6.60. The highest BCUT2D eigenvalue weighted by Gasteiger charge is 2.10. The Balaban J connectivity index is -0.000000597. The third kappa shape index (κ3) is 38.5. The number of thioether (sulfide) groups is 1. The van der Waals surface area contributed by atoms with Crippen LogP contribution in [0.3, 0.4) is 0 Å². The maximum absolute atomic E-state index is 11.0. The van der Waals surface area contributed by atoms with Crippen LogP contribution in [0.25, 0.3) is 0 Å². The van der Waals surface area contributed by atoms with Crippen LogP contribution in [0.5, 0.6) is 0 Å². The number of aryl methyl sites for hydroxylation is 1. The van der Waals surface area contributed by atoms with Crippen LogP contribution in [0, 0.1) is 6.92 Å². The molecule has 284 valence electrons. The number of hydrogen-bond donors (Lipinski definition) is 0. The molecule has 0 N–H and O–H groups in total. The first-order chi connectivity index (χ1) is 23.2. The number of methoxy groups -OCH3 is 4. The molecule has 0 saturated heterocycles. The number of benzene rings is 1. The Labute approximate surface area is 303 Å². The lowest BCUT2D eigenvalue weighted by atomic mass is 10.1. The molecule has 0 saturated carbocycles. The van der Waals surface area contributed by atoms with Crippen LogP contribution in [-0.2, 0) is 38.1 Å². The molecule has 0 aliphatic rings. The molecule has 0 aromatic heterocycles. The van der Waals surface area contributed by atoms with Crippen molar-refractivity contribution in [2.75, 3.05) is 34.2 Å². The van der Waals surface area contributed by atoms with Gasteiger partial charge in [0.25, 0.3) is 0 Å². The number of allylic oxidation sites excluding steroid dienone is 1. The third-order valence-electron chi connectivity index (χ3n) is 7.15. The Kier molecular flexibility index (Phi) is 37.3. The van der Waals surface area contributed by atoms with Crippen molar-refractivity contribution in [1.29, 1.82) is 0 Å². The second-order valence-electron chi connectivity index (χ2n) is 12.3. The van der Waals surface area contributed by atoms with Crippen molar-refractivity contribution >= 4 is 34.9 Å². The molecule has 0 bridgehead atoms. The molecule has 0 heterocycles. The first-order valence-electron chi connectivity index (χ1n) is 17.6. The van der Waals surface area contributed by atoms with E-state index in [1.165, 1.54) is 16.9 Å². The van der Waals surface area contributed by atoms with Crippen molar-refractivity contribution < 1.29 is 38.1 Å². The van der Waals surface area contributed by atoms with Gasteiger partial charge in [-0.1, -0.05) is 63.0 Å². The Morgan fingerprint density at radius 3 is 1.51 bits per heavy atom. The number of unbranched alkanes of at least 4 members (excludes halogenated alkanes) is 2. The van der Waals surface area contributed by atoms with Crippen LogP contribution in [0.15, 0.2) is 41.3 Å². The number of rotatable bonds is 23. The van der Waals surface area contributed by atoms with E-state index in [1.807, 2.05) is 18.7 Å². The van der Waals surface area contributed by atoms with Gasteiger partial charge in [-0.25, -0.2) is 0 Å². The topological polar surface area (TPSA) is 105 Å². The van der Waals surface area contributed by atoms with Gasteiger partial charge in [0.05, 0.1) is 24.4 Å². The maximum Gasteiger partial charge on any atom is 0.132 e. The van der Waals surface area contributed by atoms with Gasteiger partial charge in [0, 0.05) is 64.8 Å². The monoisotopic (exact) mass is 710 g/mol. The van der Waals surface area contributed by atoms with E-state index in [0.717, 1.165) is 44.3 Å². The first-order valence-corrected chi connectivity index (χ1v) is 18.6. The number of ketones is 4. The van der Waals surface area contributed by atoms with Crippen LogP contribution in [0.4, 0.5) is 0 Å². The molecule has 0 spiro atoms. The second kappa shape index (κ2) is 35.6. The molecule has 0 fully saturated rings. The maximum atomic E-state index is 11.0. The van der Waals surface area contributed by atoms with Gasteiger partial charge in [0.15, 0.2) is 0 Å². The summed E-state index contributed by atoms with van der Waals surface area (Å²) in [4.78, 5) is 44.1. The summed E-state index contributed by atoms with van der Waals surface area (Å²) in [6.45, 7) is 14.6. The molecule has 4 unspecified atom stereocenters. The summed E-state index contributed by atoms with van der Waals surface area (Å²) in [5, 5.41) is 0. The molecule has 0 aliphatic heterocycles. The van der Waals surface area contributed by atoms with Crippen molar-refractivity contribution in [2.24, 2.45) is 0 Å². The predicted octanol–water partition coefficient (Wildman–Crippen LogP) is 9.37. The fourth-order valence-electron chi connectivity index (χ4n) is 4.23. The van der Waals surface area contributed by atoms with E-state index in [9.17, 15) is 19.2 Å². The van der Waals surface area contributed by atoms with E-state index in [-0.39, 0.29) is 47.5 Å². The van der Waals surface area contributed by atoms with Crippen molar-refractivity contribution in [1.82, 2.24) is 0 Å². The number of carbonyl (C=O) groups excluding carboxylic acids is 4. The number of hydrogen-bond acceptors (Lipinski definition) is 9. The van der Waals surface area contributed by atoms with Crippen LogP contribution < -0.4 is 0 Å². The summed E-state index contributed by atoms with van der Waals surface area (Å²) in [5.41, 5.74) is 1.28. The van der Waals surface area contributed by atoms with Crippen LogP contribution in [0.2, 0.25) is 0 Å². The van der Waals surface area contributed by atoms with Crippen LogP contribution >= 0.6 is 11.8 Å². The summed E-state index contributed by atoms with van der Waals surface area (Å²) >= 11 is 1.81. The lowest BCUT2D eigenvalue weighted by Gasteiger charge is -2.13. The van der Waals surface area contributed by atoms with Gasteiger partial charge in [0.1, 0.15) is 23.1 Å². The molecule has 0 aliphatic carbocycles. The highest BCUT2D eigenvalue weighted by Crippen LogP contribution is 2.20. The number of Topliss-reactive ketones (excluding diaryl/α,β-unsaturated/α-hetero) is 4. The van der Waals surface area contributed by atoms with Crippen molar-refractivity contribution in [3.8, 4) is 0 Å². The average molecular weight is 711 g/mol. The van der Waals surface area contributed by atoms with E-state index in [4.69, 9.17) is 18.9 Å². The third-order valence-corrected chi connectivity index (χ3v) is 8.20. The standard InChI is InChI=1S/C14H20O2S.C11H20O2.C9H18O2.C6H12O2/c1-11-4-6-14(7-5-11)17-9-8-13(16-3)10-12(2)15;1-4-5-6-7-8-11(13-3)9-10(2)12;1-4-5-6-9(11-3)7-8(2)10;1-5(7)4-6(2)8-3/h4-7,13H,8-10H2,1-3H3;6-7,11H,4-5,8-9H2,1-3H3;9H,4-7H2,1-3H3;6H,4H2,1-3H3. The first kappa shape index (κ1) is 51.2. The summed E-state index contributed by atoms with van der Waals surface area (Å²) in [6, 6.07) is 8.50. The van der Waals surface area contributed by atoms with Crippen LogP contribution in [0.1, 0.15) is 125 Å². The minimum Gasteiger partial charge on any atom is -0.381 e. The minimum atomic E-state index is 0.0606. The Morgan fingerprint density at radius 2 is 1.12 bits per heavy atom. The van der Waals surface area contributed by atoms with Gasteiger partial charge in [-0.15, -0.1) is 11.8 Å². The van der Waals surface area contributed by atoms with Crippen molar-refractivity contribution in [2.45, 2.75) is 155 Å². The SMILES string of the molecule is CCCC=CCC(CC(C)=O)OC.CCCCC(CC(C)=O)OC.COC(C)CC(C)=O.COC(CCSc1ccc(C)cc1)CC(C)=O. The quantitative estimate of drug-likeness (QED) is 0.0811. The Morgan fingerprint density at radius 1 is 0.653 bits per heavy atom. The Bertz CT molecular complexity index is 993. The fraction of sp³-hybridized carbons (Fsp3) is 0.700. The van der Waals surface area contributed by atoms with E-state index < -0.39 is 0 Å². The van der Waals surface area contributed by atoms with E-state index in [2.05, 4.69) is 57.2 Å². The highest BCUT2D eigenvalue weighted by atomic mass is 32.2. The van der Waals surface area contributed by atoms with E-state index in [0.29, 0.717) is 25.7 Å². The zero-order valence-corrected chi connectivity index (χ0v) is 33.7. The lowest BCUT2D eigenvalue weighted by Crippen LogP contribution is -2.15. The van der Waals surface area contributed by atoms with Crippen molar-refractivity contribution in [3.63, 3.8) is 0 Å². The normalized spacial score (nSPS) is 13.0. The molecule has 1 aromatic carbocycles. The molecule has 4 atom stereocenters. The Hall–Kier alpha value is -2.17. The fourth-order valence-corrected chi connectivity index (χ4v) is 5.17. The molecule has 49 heavy (non-hydrogen) atoms. The molecular weight excluding hydrogens is 640 g/mol. The highest BCUT2D eigenvalue weighted by molar-refractivity contribution is 7.99. The van der Waals surface area contributed by atoms with Gasteiger partial charge in [-0.2, -0.15) is 0 Å². The van der Waals surface area contributed by atoms with Gasteiger partial charge in [-0.05, 0) is 79.4 Å². The van der Waals surface area contributed by atoms with Gasteiger partial charge >= 0.3 is 0 Å². The van der Waals surface area contributed by atoms with Crippen molar-refractivity contribution in [3.05, 3.63) is 42.0 Å². The molecule has 8 nitrogen and oxygen atoms in total. The van der Waals surface area contributed by atoms with Gasteiger partial charge < -0.3 is 18.9 Å². The predicted molar refractivity (Wildman–Crippen MR) is 205 cm³/mol. The lowest BCUT2D eigenvalue weighted by molar-refractivity contribution is -0.120. The van der Waals surface area contributed by atoms with E-state index >= 15 is 0 Å². The van der Waals surface area contributed by atoms with Crippen LogP contribution in [-0.4, -0.2) is 81.7 Å². The van der Waals surface area contributed by atoms with E-state index in [1.54, 1.807) is 56.1 Å². The summed E-state index contributed by atoms with van der Waals surface area (Å²) < 4.78 is 20.4. The second-order valence-corrected chi connectivity index (χ2v) is 13.5. The molecule has 0 radical (unpaired) electrons. The smallest absolute Gasteiger partial charge is 0.132 e. The van der Waals surface area contributed by atoms with Gasteiger partial charge in [0.2, 0.25) is 0 Å². The summed E-state index contributed by atoms with van der Waals surface area (Å²) in [5.74, 6) is 1.76. The molecule has 9 heteroatoms. The number of carbonyl (C=O) groups is 4. The molecule has 1 rings (SSSR count). The number of ether oxygens (including phenoxy) is 4. The zero-order valence-electron chi connectivity index (χ0n) is 32.9. The molecular formula is C40H70O8S. The minimum absolute atomic E-state index is 0.0606. The summed E-state index contributed by atoms with van der Waals surface area (Å²) in [6.07, 6.45) is 14.1. The zero-order chi connectivity index (χ0) is 38.0.